The summed E-state index contributed by atoms with van der Waals surface area (Å²) in [5, 5.41) is 4.50. The topological polar surface area (TPSA) is 71.4 Å². The first kappa shape index (κ1) is 27.9. The van der Waals surface area contributed by atoms with Crippen LogP contribution in [0.5, 0.6) is 0 Å². The van der Waals surface area contributed by atoms with E-state index in [0.29, 0.717) is 17.9 Å². The number of benzene rings is 1. The second-order valence-electron chi connectivity index (χ2n) is 12.9. The van der Waals surface area contributed by atoms with E-state index in [1.54, 1.807) is 6.92 Å². The number of aromatic nitrogens is 1. The van der Waals surface area contributed by atoms with Crippen molar-refractivity contribution in [2.75, 3.05) is 11.9 Å². The standard InChI is InChI=1S/C33H47N3O3/c1-5-29(38)28-17-33-14-12-10-8-6-7-9-11-13-24-15-25(34-19-22(2)3)16-26-27(23(4)37)20-35(32(24)26)21-31(39)36(28)30(33)18-33/h15-16,20,22,28,30,34H,5-14,17-19,21H2,1-4H3/t28-,30+,33-/m0/s1. The molecule has 1 aromatic carbocycles. The highest BCUT2D eigenvalue weighted by molar-refractivity contribution is 6.09. The Morgan fingerprint density at radius 1 is 1.05 bits per heavy atom. The summed E-state index contributed by atoms with van der Waals surface area (Å²) in [7, 11) is 0. The molecule has 1 saturated heterocycles. The number of hydrogen-bond acceptors (Lipinski definition) is 4. The van der Waals surface area contributed by atoms with E-state index in [9.17, 15) is 14.4 Å². The quantitative estimate of drug-likeness (QED) is 0.409. The maximum Gasteiger partial charge on any atom is 0.243 e. The lowest BCUT2D eigenvalue weighted by Crippen LogP contribution is -2.44. The monoisotopic (exact) mass is 533 g/mol. The normalized spacial score (nSPS) is 26.0. The van der Waals surface area contributed by atoms with Crippen LogP contribution in [0.2, 0.25) is 0 Å². The van der Waals surface area contributed by atoms with Gasteiger partial charge in [-0.15, -0.1) is 0 Å². The summed E-state index contributed by atoms with van der Waals surface area (Å²) in [6.45, 7) is 8.95. The average Bonchev–Trinajstić information content (AvgIpc) is 3.31. The minimum atomic E-state index is -0.291. The molecule has 0 radical (unpaired) electrons. The number of nitrogens with zero attached hydrogens (tertiary/aromatic N) is 2. The van der Waals surface area contributed by atoms with E-state index in [-0.39, 0.29) is 41.5 Å². The van der Waals surface area contributed by atoms with E-state index in [2.05, 4.69) is 31.3 Å². The first-order valence-electron chi connectivity index (χ1n) is 15.5. The van der Waals surface area contributed by atoms with Gasteiger partial charge in [-0.05, 0) is 68.1 Å². The molecule has 2 aliphatic heterocycles. The largest absolute Gasteiger partial charge is 0.385 e. The third-order valence-electron chi connectivity index (χ3n) is 9.50. The molecule has 3 aliphatic rings. The van der Waals surface area contributed by atoms with Gasteiger partial charge in [-0.3, -0.25) is 14.4 Å². The summed E-state index contributed by atoms with van der Waals surface area (Å²) in [6, 6.07) is 4.23. The fourth-order valence-electron chi connectivity index (χ4n) is 7.32. The molecule has 6 heteroatoms. The zero-order valence-corrected chi connectivity index (χ0v) is 24.5. The molecule has 1 N–H and O–H groups in total. The van der Waals surface area contributed by atoms with Crippen molar-refractivity contribution < 1.29 is 14.4 Å². The Labute approximate surface area is 233 Å². The van der Waals surface area contributed by atoms with Crippen LogP contribution in [0, 0.1) is 11.3 Å². The Balaban J connectivity index is 1.55. The molecule has 3 atom stereocenters. The zero-order valence-electron chi connectivity index (χ0n) is 24.5. The maximum absolute atomic E-state index is 14.0. The number of amides is 1. The molecule has 0 unspecified atom stereocenters. The predicted molar refractivity (Wildman–Crippen MR) is 157 cm³/mol. The highest BCUT2D eigenvalue weighted by atomic mass is 16.2. The number of rotatable bonds is 6. The molecule has 1 saturated carbocycles. The van der Waals surface area contributed by atoms with Gasteiger partial charge >= 0.3 is 0 Å². The summed E-state index contributed by atoms with van der Waals surface area (Å²) in [5.41, 5.74) is 4.06. The number of aryl methyl sites for hydroxylation is 1. The Hall–Kier alpha value is -2.63. The van der Waals surface area contributed by atoms with Crippen LogP contribution >= 0.6 is 0 Å². The summed E-state index contributed by atoms with van der Waals surface area (Å²) >= 11 is 0. The number of carbonyl (C=O) groups is 3. The molecule has 6 nitrogen and oxygen atoms in total. The SMILES string of the molecule is CCC(=O)[C@@H]1C[C@]23CCCCCCCCCc4cc(NCC(C)C)cc5c(C(C)=O)cn(c45)CC(=O)N1[C@@H]2C3. The minimum absolute atomic E-state index is 0.0155. The lowest BCUT2D eigenvalue weighted by Gasteiger charge is -2.27. The molecule has 2 bridgehead atoms. The number of hydrogen-bond donors (Lipinski definition) is 1. The zero-order chi connectivity index (χ0) is 27.7. The molecule has 1 aliphatic carbocycles. The van der Waals surface area contributed by atoms with Crippen molar-refractivity contribution in [1.29, 1.82) is 0 Å². The molecule has 212 valence electrons. The Morgan fingerprint density at radius 2 is 1.77 bits per heavy atom. The number of ketones is 2. The highest BCUT2D eigenvalue weighted by Gasteiger charge is 2.65. The van der Waals surface area contributed by atoms with Crippen molar-refractivity contribution in [3.05, 3.63) is 29.5 Å². The molecule has 2 fully saturated rings. The van der Waals surface area contributed by atoms with E-state index < -0.39 is 0 Å². The number of Topliss-reactive ketones (excluding diaryl/α,β-unsaturated/α-hetero) is 2. The molecule has 0 spiro atoms. The highest BCUT2D eigenvalue weighted by Crippen LogP contribution is 2.62. The van der Waals surface area contributed by atoms with Gasteiger partial charge in [0, 0.05) is 41.8 Å². The van der Waals surface area contributed by atoms with Crippen LogP contribution in [0.1, 0.15) is 114 Å². The van der Waals surface area contributed by atoms with Crippen molar-refractivity contribution in [3.8, 4) is 0 Å². The molecule has 5 rings (SSSR count). The van der Waals surface area contributed by atoms with Gasteiger partial charge in [0.1, 0.15) is 6.54 Å². The number of piperidine rings is 1. The third kappa shape index (κ3) is 5.67. The van der Waals surface area contributed by atoms with Gasteiger partial charge in [0.15, 0.2) is 11.6 Å². The number of carbonyl (C=O) groups excluding carboxylic acids is 3. The van der Waals surface area contributed by atoms with Crippen molar-refractivity contribution in [2.45, 2.75) is 123 Å². The van der Waals surface area contributed by atoms with Gasteiger partial charge in [-0.2, -0.15) is 0 Å². The van der Waals surface area contributed by atoms with Gasteiger partial charge in [-0.1, -0.05) is 59.3 Å². The fourth-order valence-corrected chi connectivity index (χ4v) is 7.32. The third-order valence-corrected chi connectivity index (χ3v) is 9.50. The van der Waals surface area contributed by atoms with Crippen molar-refractivity contribution in [1.82, 2.24) is 9.47 Å². The van der Waals surface area contributed by atoms with Gasteiger partial charge < -0.3 is 14.8 Å². The van der Waals surface area contributed by atoms with E-state index >= 15 is 0 Å². The summed E-state index contributed by atoms with van der Waals surface area (Å²) in [6.07, 6.45) is 14.8. The van der Waals surface area contributed by atoms with Crippen molar-refractivity contribution in [3.63, 3.8) is 0 Å². The lowest BCUT2D eigenvalue weighted by molar-refractivity contribution is -0.139. The average molecular weight is 534 g/mol. The smallest absolute Gasteiger partial charge is 0.243 e. The molecular weight excluding hydrogens is 486 g/mol. The van der Waals surface area contributed by atoms with Gasteiger partial charge in [-0.25, -0.2) is 0 Å². The Bertz CT molecular complexity index is 1240. The molecule has 39 heavy (non-hydrogen) atoms. The van der Waals surface area contributed by atoms with Gasteiger partial charge in [0.25, 0.3) is 0 Å². The van der Waals surface area contributed by atoms with Crippen LogP contribution in [0.25, 0.3) is 10.9 Å². The second kappa shape index (κ2) is 11.5. The first-order valence-corrected chi connectivity index (χ1v) is 15.5. The summed E-state index contributed by atoms with van der Waals surface area (Å²) < 4.78 is 2.02. The predicted octanol–water partition coefficient (Wildman–Crippen LogP) is 6.93. The fraction of sp³-hybridized carbons (Fsp3) is 0.667. The van der Waals surface area contributed by atoms with E-state index in [1.165, 1.54) is 44.1 Å². The maximum atomic E-state index is 14.0. The number of nitrogens with one attached hydrogen (secondary N) is 1. The Kier molecular flexibility index (Phi) is 8.21. The van der Waals surface area contributed by atoms with Crippen LogP contribution < -0.4 is 5.32 Å². The van der Waals surface area contributed by atoms with Gasteiger partial charge in [0.2, 0.25) is 5.91 Å². The summed E-state index contributed by atoms with van der Waals surface area (Å²) in [5.74, 6) is 0.736. The minimum Gasteiger partial charge on any atom is -0.385 e. The van der Waals surface area contributed by atoms with E-state index in [4.69, 9.17) is 0 Å². The molecule has 3 heterocycles. The molecule has 1 amide bonds. The van der Waals surface area contributed by atoms with Crippen LogP contribution in [0.15, 0.2) is 18.3 Å². The van der Waals surface area contributed by atoms with Crippen molar-refractivity contribution in [2.24, 2.45) is 11.3 Å². The van der Waals surface area contributed by atoms with E-state index in [1.807, 2.05) is 22.6 Å². The molecule has 2 aromatic rings. The van der Waals surface area contributed by atoms with Crippen LogP contribution in [0.3, 0.4) is 0 Å². The van der Waals surface area contributed by atoms with E-state index in [0.717, 1.165) is 55.2 Å². The molecular formula is C33H47N3O3. The lowest BCUT2D eigenvalue weighted by atomic mass is 9.91. The Morgan fingerprint density at radius 3 is 2.46 bits per heavy atom. The molecule has 1 aromatic heterocycles. The van der Waals surface area contributed by atoms with Gasteiger partial charge in [0.05, 0.1) is 11.6 Å². The summed E-state index contributed by atoms with van der Waals surface area (Å²) in [4.78, 5) is 41.8. The van der Waals surface area contributed by atoms with Crippen LogP contribution in [0.4, 0.5) is 5.69 Å². The number of anilines is 1. The van der Waals surface area contributed by atoms with Crippen molar-refractivity contribution >= 4 is 34.1 Å². The van der Waals surface area contributed by atoms with Crippen LogP contribution in [-0.2, 0) is 22.6 Å². The van der Waals surface area contributed by atoms with Crippen LogP contribution in [-0.4, -0.2) is 45.6 Å². The second-order valence-corrected chi connectivity index (χ2v) is 12.9. The first-order chi connectivity index (χ1) is 18.7.